The van der Waals surface area contributed by atoms with Gasteiger partial charge in [-0.2, -0.15) is 0 Å². The number of carbonyl (C=O) groups is 2. The van der Waals surface area contributed by atoms with Crippen molar-refractivity contribution in [3.63, 3.8) is 0 Å². The van der Waals surface area contributed by atoms with Crippen molar-refractivity contribution in [3.05, 3.63) is 71.8 Å². The topological polar surface area (TPSA) is 74.8 Å². The van der Waals surface area contributed by atoms with E-state index in [4.69, 9.17) is 0 Å². The van der Waals surface area contributed by atoms with Gasteiger partial charge in [0, 0.05) is 32.3 Å². The molecule has 2 rings (SSSR count). The summed E-state index contributed by atoms with van der Waals surface area (Å²) in [6.45, 7) is 6.80. The first-order valence-electron chi connectivity index (χ1n) is 11.3. The SMILES string of the molecule is CCN(CCCCCN(C(C)=O)C(=O)/C=C/c1ccc(S(C)(=O)=O)cc1)Cc1ccccc1. The quantitative estimate of drug-likeness (QED) is 0.344. The number of amides is 2. The monoisotopic (exact) mass is 470 g/mol. The Morgan fingerprint density at radius 3 is 2.12 bits per heavy atom. The lowest BCUT2D eigenvalue weighted by molar-refractivity contribution is -0.140. The summed E-state index contributed by atoms with van der Waals surface area (Å²) >= 11 is 0. The van der Waals surface area contributed by atoms with Gasteiger partial charge in [-0.3, -0.25) is 19.4 Å². The molecule has 2 aromatic rings. The lowest BCUT2D eigenvalue weighted by Crippen LogP contribution is -2.34. The number of hydrogen-bond donors (Lipinski definition) is 0. The van der Waals surface area contributed by atoms with Crippen LogP contribution in [-0.4, -0.2) is 55.9 Å². The lowest BCUT2D eigenvalue weighted by atomic mass is 10.1. The fourth-order valence-corrected chi connectivity index (χ4v) is 4.11. The van der Waals surface area contributed by atoms with Crippen LogP contribution in [0.5, 0.6) is 0 Å². The number of carbonyl (C=O) groups excluding carboxylic acids is 2. The molecule has 0 aliphatic carbocycles. The molecule has 0 unspecified atom stereocenters. The van der Waals surface area contributed by atoms with E-state index < -0.39 is 9.84 Å². The predicted molar refractivity (Wildman–Crippen MR) is 132 cm³/mol. The van der Waals surface area contributed by atoms with Crippen molar-refractivity contribution in [3.8, 4) is 0 Å². The molecule has 0 spiro atoms. The average Bonchev–Trinajstić information content (AvgIpc) is 2.79. The van der Waals surface area contributed by atoms with Crippen LogP contribution in [0.3, 0.4) is 0 Å². The molecule has 0 radical (unpaired) electrons. The minimum absolute atomic E-state index is 0.224. The van der Waals surface area contributed by atoms with Gasteiger partial charge in [-0.25, -0.2) is 8.42 Å². The number of imide groups is 1. The van der Waals surface area contributed by atoms with Gasteiger partial charge in [0.1, 0.15) is 0 Å². The highest BCUT2D eigenvalue weighted by Crippen LogP contribution is 2.12. The fourth-order valence-electron chi connectivity index (χ4n) is 3.48. The molecule has 0 aromatic heterocycles. The molecule has 33 heavy (non-hydrogen) atoms. The zero-order chi connectivity index (χ0) is 24.3. The largest absolute Gasteiger partial charge is 0.299 e. The summed E-state index contributed by atoms with van der Waals surface area (Å²) < 4.78 is 23.1. The van der Waals surface area contributed by atoms with Crippen LogP contribution in [0.15, 0.2) is 65.6 Å². The van der Waals surface area contributed by atoms with E-state index in [2.05, 4.69) is 36.1 Å². The Kier molecular flexibility index (Phi) is 10.5. The average molecular weight is 471 g/mol. The van der Waals surface area contributed by atoms with E-state index in [9.17, 15) is 18.0 Å². The van der Waals surface area contributed by atoms with Gasteiger partial charge in [0.15, 0.2) is 9.84 Å². The summed E-state index contributed by atoms with van der Waals surface area (Å²) in [6.07, 6.45) is 6.78. The van der Waals surface area contributed by atoms with Crippen molar-refractivity contribution < 1.29 is 18.0 Å². The summed E-state index contributed by atoms with van der Waals surface area (Å²) in [5, 5.41) is 0. The van der Waals surface area contributed by atoms with Crippen LogP contribution in [0.1, 0.15) is 44.2 Å². The molecule has 6 nitrogen and oxygen atoms in total. The number of unbranched alkanes of at least 4 members (excludes halogenated alkanes) is 2. The Hall–Kier alpha value is -2.77. The predicted octanol–water partition coefficient (Wildman–Crippen LogP) is 4.17. The van der Waals surface area contributed by atoms with E-state index >= 15 is 0 Å². The molecule has 0 atom stereocenters. The van der Waals surface area contributed by atoms with Gasteiger partial charge in [-0.1, -0.05) is 55.8 Å². The van der Waals surface area contributed by atoms with E-state index in [0.717, 1.165) is 45.2 Å². The number of nitrogens with zero attached hydrogens (tertiary/aromatic N) is 2. The summed E-state index contributed by atoms with van der Waals surface area (Å²) in [6, 6.07) is 16.6. The molecule has 178 valence electrons. The first-order chi connectivity index (χ1) is 15.7. The summed E-state index contributed by atoms with van der Waals surface area (Å²) in [5.74, 6) is -0.648. The van der Waals surface area contributed by atoms with E-state index in [1.54, 1.807) is 18.2 Å². The maximum atomic E-state index is 12.5. The second kappa shape index (κ2) is 13.1. The Labute approximate surface area is 197 Å². The third-order valence-corrected chi connectivity index (χ3v) is 6.55. The molecular weight excluding hydrogens is 436 g/mol. The first-order valence-corrected chi connectivity index (χ1v) is 13.2. The number of sulfone groups is 1. The zero-order valence-corrected chi connectivity index (χ0v) is 20.6. The summed E-state index contributed by atoms with van der Waals surface area (Å²) in [4.78, 5) is 28.4. The summed E-state index contributed by atoms with van der Waals surface area (Å²) in [5.41, 5.74) is 1.99. The van der Waals surface area contributed by atoms with Gasteiger partial charge < -0.3 is 0 Å². The van der Waals surface area contributed by atoms with Crippen molar-refractivity contribution in [2.75, 3.05) is 25.9 Å². The molecule has 0 aliphatic heterocycles. The maximum absolute atomic E-state index is 12.5. The molecule has 7 heteroatoms. The van der Waals surface area contributed by atoms with Crippen molar-refractivity contribution >= 4 is 27.7 Å². The van der Waals surface area contributed by atoms with Gasteiger partial charge in [0.25, 0.3) is 5.91 Å². The molecule has 0 fully saturated rings. The molecule has 0 saturated heterocycles. The van der Waals surface area contributed by atoms with E-state index in [1.165, 1.54) is 35.6 Å². The Morgan fingerprint density at radius 1 is 0.909 bits per heavy atom. The number of benzene rings is 2. The van der Waals surface area contributed by atoms with E-state index in [0.29, 0.717) is 12.1 Å². The van der Waals surface area contributed by atoms with Gasteiger partial charge in [-0.15, -0.1) is 0 Å². The molecule has 0 heterocycles. The highest BCUT2D eigenvalue weighted by Gasteiger charge is 2.15. The normalized spacial score (nSPS) is 11.8. The molecule has 2 amide bonds. The van der Waals surface area contributed by atoms with Gasteiger partial charge in [0.2, 0.25) is 5.91 Å². The summed E-state index contributed by atoms with van der Waals surface area (Å²) in [7, 11) is -3.26. The van der Waals surface area contributed by atoms with Crippen molar-refractivity contribution in [1.82, 2.24) is 9.80 Å². The molecule has 2 aromatic carbocycles. The van der Waals surface area contributed by atoms with E-state index in [1.807, 2.05) is 6.07 Å². The third kappa shape index (κ3) is 9.32. The minimum Gasteiger partial charge on any atom is -0.299 e. The van der Waals surface area contributed by atoms with Crippen LogP contribution < -0.4 is 0 Å². The molecule has 0 N–H and O–H groups in total. The minimum atomic E-state index is -3.26. The first kappa shape index (κ1) is 26.5. The molecule has 0 aliphatic rings. The van der Waals surface area contributed by atoms with E-state index in [-0.39, 0.29) is 16.7 Å². The van der Waals surface area contributed by atoms with Crippen LogP contribution in [0.4, 0.5) is 0 Å². The fraction of sp³-hybridized carbons (Fsp3) is 0.385. The van der Waals surface area contributed by atoms with Gasteiger partial charge in [-0.05, 0) is 55.3 Å². The van der Waals surface area contributed by atoms with Crippen LogP contribution in [-0.2, 0) is 26.0 Å². The molecule has 0 bridgehead atoms. The second-order valence-electron chi connectivity index (χ2n) is 8.10. The number of hydrogen-bond acceptors (Lipinski definition) is 5. The highest BCUT2D eigenvalue weighted by molar-refractivity contribution is 7.90. The Morgan fingerprint density at radius 2 is 1.55 bits per heavy atom. The number of rotatable bonds is 12. The highest BCUT2D eigenvalue weighted by atomic mass is 32.2. The Bertz CT molecular complexity index is 1030. The van der Waals surface area contributed by atoms with Crippen LogP contribution in [0, 0.1) is 0 Å². The van der Waals surface area contributed by atoms with Crippen LogP contribution >= 0.6 is 0 Å². The van der Waals surface area contributed by atoms with Gasteiger partial charge in [0.05, 0.1) is 4.90 Å². The zero-order valence-electron chi connectivity index (χ0n) is 19.7. The maximum Gasteiger partial charge on any atom is 0.253 e. The van der Waals surface area contributed by atoms with Crippen LogP contribution in [0.2, 0.25) is 0 Å². The lowest BCUT2D eigenvalue weighted by Gasteiger charge is -2.21. The standard InChI is InChI=1S/C26H34N2O4S/c1-4-27(21-24-11-7-5-8-12-24)19-9-6-10-20-28(22(2)29)26(30)18-15-23-13-16-25(17-14-23)33(3,31)32/h5,7-8,11-18H,4,6,9-10,19-21H2,1-3H3/b18-15+. The van der Waals surface area contributed by atoms with Gasteiger partial charge >= 0.3 is 0 Å². The van der Waals surface area contributed by atoms with Crippen molar-refractivity contribution in [2.45, 2.75) is 44.6 Å². The van der Waals surface area contributed by atoms with Crippen LogP contribution in [0.25, 0.3) is 6.08 Å². The smallest absolute Gasteiger partial charge is 0.253 e. The second-order valence-corrected chi connectivity index (χ2v) is 10.1. The third-order valence-electron chi connectivity index (χ3n) is 5.43. The Balaban J connectivity index is 1.80. The molecule has 0 saturated carbocycles. The molecular formula is C26H34N2O4S. The van der Waals surface area contributed by atoms with Crippen molar-refractivity contribution in [2.24, 2.45) is 0 Å². The van der Waals surface area contributed by atoms with Crippen molar-refractivity contribution in [1.29, 1.82) is 0 Å².